The first-order valence-corrected chi connectivity index (χ1v) is 6.78. The molecule has 3 rings (SSSR count). The second-order valence-electron chi connectivity index (χ2n) is 4.96. The summed E-state index contributed by atoms with van der Waals surface area (Å²) in [5, 5.41) is 0. The zero-order valence-electron chi connectivity index (χ0n) is 12.1. The number of aryl methyl sites for hydroxylation is 2. The van der Waals surface area contributed by atoms with Crippen LogP contribution < -0.4 is 4.57 Å². The number of benzene rings is 1. The van der Waals surface area contributed by atoms with Crippen molar-refractivity contribution in [1.29, 1.82) is 0 Å². The SMILES string of the molecule is Cn1cc[n+](C)c1/C=C/c1ccc(-c2cncnc2)cc1. The van der Waals surface area contributed by atoms with Crippen LogP contribution in [0.2, 0.25) is 0 Å². The summed E-state index contributed by atoms with van der Waals surface area (Å²) < 4.78 is 4.18. The maximum Gasteiger partial charge on any atom is 0.280 e. The average Bonchev–Trinajstić information content (AvgIpc) is 2.85. The van der Waals surface area contributed by atoms with Gasteiger partial charge in [0.25, 0.3) is 5.82 Å². The van der Waals surface area contributed by atoms with Crippen molar-refractivity contribution in [1.82, 2.24) is 14.5 Å². The lowest BCUT2D eigenvalue weighted by Gasteiger charge is -2.00. The van der Waals surface area contributed by atoms with E-state index in [4.69, 9.17) is 0 Å². The highest BCUT2D eigenvalue weighted by molar-refractivity contribution is 5.69. The molecule has 0 fully saturated rings. The third kappa shape index (κ3) is 2.89. The predicted octanol–water partition coefficient (Wildman–Crippen LogP) is 2.48. The molecule has 21 heavy (non-hydrogen) atoms. The van der Waals surface area contributed by atoms with Gasteiger partial charge in [-0.2, -0.15) is 0 Å². The van der Waals surface area contributed by atoms with Crippen LogP contribution in [-0.4, -0.2) is 14.5 Å². The minimum atomic E-state index is 1.03. The van der Waals surface area contributed by atoms with Gasteiger partial charge in [-0.15, -0.1) is 0 Å². The van der Waals surface area contributed by atoms with Crippen LogP contribution in [0.3, 0.4) is 0 Å². The Bertz CT molecular complexity index is 736. The highest BCUT2D eigenvalue weighted by atomic mass is 15.1. The standard InChI is InChI=1S/C17H17N4/c1-20-9-10-21(2)17(20)8-5-14-3-6-15(7-4-14)16-11-18-13-19-12-16/h3-13H,1-2H3/q+1. The lowest BCUT2D eigenvalue weighted by atomic mass is 10.1. The lowest BCUT2D eigenvalue weighted by Crippen LogP contribution is -2.29. The summed E-state index contributed by atoms with van der Waals surface area (Å²) in [6, 6.07) is 8.37. The fourth-order valence-electron chi connectivity index (χ4n) is 2.24. The zero-order valence-corrected chi connectivity index (χ0v) is 12.1. The zero-order chi connectivity index (χ0) is 14.7. The third-order valence-electron chi connectivity index (χ3n) is 3.47. The molecule has 104 valence electrons. The molecule has 0 unspecified atom stereocenters. The van der Waals surface area contributed by atoms with Crippen molar-refractivity contribution < 1.29 is 4.57 Å². The van der Waals surface area contributed by atoms with E-state index in [1.165, 1.54) is 0 Å². The molecule has 1 aromatic carbocycles. The first-order valence-electron chi connectivity index (χ1n) is 6.78. The number of hydrogen-bond acceptors (Lipinski definition) is 2. The fourth-order valence-corrected chi connectivity index (χ4v) is 2.24. The molecule has 2 aromatic heterocycles. The monoisotopic (exact) mass is 277 g/mol. The average molecular weight is 277 g/mol. The molecule has 4 heteroatoms. The molecule has 3 aromatic rings. The molecule has 0 aliphatic heterocycles. The van der Waals surface area contributed by atoms with Gasteiger partial charge in [-0.3, -0.25) is 0 Å². The van der Waals surface area contributed by atoms with Crippen molar-refractivity contribution in [2.45, 2.75) is 0 Å². The Labute approximate surface area is 124 Å². The largest absolute Gasteiger partial charge is 0.280 e. The first kappa shape index (κ1) is 13.2. The molecule has 0 amide bonds. The van der Waals surface area contributed by atoms with E-state index in [1.807, 2.05) is 38.9 Å². The van der Waals surface area contributed by atoms with Gasteiger partial charge in [0.1, 0.15) is 18.7 Å². The van der Waals surface area contributed by atoms with Crippen molar-refractivity contribution in [2.75, 3.05) is 0 Å². The number of aromatic nitrogens is 4. The number of hydrogen-bond donors (Lipinski definition) is 0. The second kappa shape index (κ2) is 5.71. The van der Waals surface area contributed by atoms with Gasteiger partial charge in [-0.25, -0.2) is 19.1 Å². The third-order valence-corrected chi connectivity index (χ3v) is 3.47. The molecule has 0 saturated heterocycles. The van der Waals surface area contributed by atoms with Gasteiger partial charge in [0.15, 0.2) is 0 Å². The molecule has 0 saturated carbocycles. The van der Waals surface area contributed by atoms with Crippen LogP contribution in [0.5, 0.6) is 0 Å². The molecule has 0 radical (unpaired) electrons. The number of imidazole rings is 1. The van der Waals surface area contributed by atoms with Gasteiger partial charge in [-0.05, 0) is 17.2 Å². The Morgan fingerprint density at radius 1 is 1.00 bits per heavy atom. The van der Waals surface area contributed by atoms with Crippen LogP contribution in [0, 0.1) is 0 Å². The van der Waals surface area contributed by atoms with Gasteiger partial charge in [0, 0.05) is 24.0 Å². The van der Waals surface area contributed by atoms with E-state index in [2.05, 4.69) is 55.5 Å². The molecular weight excluding hydrogens is 260 g/mol. The molecular formula is C17H17N4+. The van der Waals surface area contributed by atoms with Crippen LogP contribution in [0.15, 0.2) is 55.4 Å². The molecule has 0 N–H and O–H groups in total. The Morgan fingerprint density at radius 3 is 2.33 bits per heavy atom. The summed E-state index contributed by atoms with van der Waals surface area (Å²) in [6.45, 7) is 0. The van der Waals surface area contributed by atoms with Gasteiger partial charge in [0.05, 0.1) is 14.1 Å². The van der Waals surface area contributed by atoms with Crippen molar-refractivity contribution in [3.63, 3.8) is 0 Å². The van der Waals surface area contributed by atoms with Crippen LogP contribution in [0.4, 0.5) is 0 Å². The molecule has 0 atom stereocenters. The van der Waals surface area contributed by atoms with E-state index in [0.29, 0.717) is 0 Å². The van der Waals surface area contributed by atoms with E-state index in [1.54, 1.807) is 6.33 Å². The Hall–Kier alpha value is -2.75. The molecule has 4 nitrogen and oxygen atoms in total. The molecule has 0 bridgehead atoms. The van der Waals surface area contributed by atoms with Crippen LogP contribution in [0.1, 0.15) is 11.4 Å². The van der Waals surface area contributed by atoms with E-state index < -0.39 is 0 Å². The van der Waals surface area contributed by atoms with Crippen molar-refractivity contribution in [3.8, 4) is 11.1 Å². The van der Waals surface area contributed by atoms with E-state index in [-0.39, 0.29) is 0 Å². The Balaban J connectivity index is 1.82. The second-order valence-corrected chi connectivity index (χ2v) is 4.96. The van der Waals surface area contributed by atoms with E-state index >= 15 is 0 Å². The predicted molar refractivity (Wildman–Crippen MR) is 83.0 cm³/mol. The highest BCUT2D eigenvalue weighted by Crippen LogP contribution is 2.18. The topological polar surface area (TPSA) is 34.6 Å². The van der Waals surface area contributed by atoms with Crippen molar-refractivity contribution in [2.24, 2.45) is 14.1 Å². The Morgan fingerprint density at radius 2 is 1.71 bits per heavy atom. The number of rotatable bonds is 3. The van der Waals surface area contributed by atoms with Gasteiger partial charge in [-0.1, -0.05) is 24.3 Å². The molecule has 2 heterocycles. The van der Waals surface area contributed by atoms with Crippen molar-refractivity contribution >= 4 is 12.2 Å². The summed E-state index contributed by atoms with van der Waals surface area (Å²) in [5.41, 5.74) is 3.32. The quantitative estimate of drug-likeness (QED) is 0.689. The summed E-state index contributed by atoms with van der Waals surface area (Å²) in [6.07, 6.45) is 13.5. The van der Waals surface area contributed by atoms with E-state index in [0.717, 1.165) is 22.5 Å². The highest BCUT2D eigenvalue weighted by Gasteiger charge is 2.06. The molecule has 0 aliphatic rings. The first-order chi connectivity index (χ1) is 10.2. The fraction of sp³-hybridized carbons (Fsp3) is 0.118. The minimum Gasteiger partial charge on any atom is -0.244 e. The number of nitrogens with zero attached hydrogens (tertiary/aromatic N) is 4. The molecule has 0 aliphatic carbocycles. The van der Waals surface area contributed by atoms with Gasteiger partial charge < -0.3 is 0 Å². The van der Waals surface area contributed by atoms with Crippen LogP contribution >= 0.6 is 0 Å². The summed E-state index contributed by atoms with van der Waals surface area (Å²) in [5.74, 6) is 1.15. The summed E-state index contributed by atoms with van der Waals surface area (Å²) in [4.78, 5) is 8.08. The maximum atomic E-state index is 4.04. The van der Waals surface area contributed by atoms with Crippen molar-refractivity contribution in [3.05, 3.63) is 66.8 Å². The van der Waals surface area contributed by atoms with Gasteiger partial charge >= 0.3 is 0 Å². The summed E-state index contributed by atoms with van der Waals surface area (Å²) in [7, 11) is 4.08. The smallest absolute Gasteiger partial charge is 0.244 e. The van der Waals surface area contributed by atoms with Gasteiger partial charge in [0.2, 0.25) is 0 Å². The van der Waals surface area contributed by atoms with Crippen LogP contribution in [-0.2, 0) is 14.1 Å². The minimum absolute atomic E-state index is 1.03. The maximum absolute atomic E-state index is 4.04. The van der Waals surface area contributed by atoms with E-state index in [9.17, 15) is 0 Å². The molecule has 0 spiro atoms. The normalized spacial score (nSPS) is 11.1. The summed E-state index contributed by atoms with van der Waals surface area (Å²) >= 11 is 0. The Kier molecular flexibility index (Phi) is 3.60. The van der Waals surface area contributed by atoms with Crippen LogP contribution in [0.25, 0.3) is 23.3 Å². The lowest BCUT2D eigenvalue weighted by molar-refractivity contribution is -0.672.